The van der Waals surface area contributed by atoms with E-state index < -0.39 is 11.6 Å². The van der Waals surface area contributed by atoms with Crippen molar-refractivity contribution in [2.75, 3.05) is 13.2 Å². The van der Waals surface area contributed by atoms with E-state index in [0.29, 0.717) is 25.8 Å². The largest absolute Gasteiger partial charge is 0.394 e. The average molecular weight is 171 g/mol. The molecule has 0 aromatic heterocycles. The van der Waals surface area contributed by atoms with Crippen molar-refractivity contribution >= 4 is 5.91 Å². The van der Waals surface area contributed by atoms with Gasteiger partial charge in [-0.1, -0.05) is 0 Å². The highest BCUT2D eigenvalue weighted by molar-refractivity contribution is 5.80. The minimum Gasteiger partial charge on any atom is -0.394 e. The summed E-state index contributed by atoms with van der Waals surface area (Å²) >= 11 is 0. The molecule has 2 N–H and O–H groups in total. The Morgan fingerprint density at radius 3 is 3.00 bits per heavy atom. The van der Waals surface area contributed by atoms with E-state index in [0.717, 1.165) is 0 Å². The van der Waals surface area contributed by atoms with Gasteiger partial charge in [-0.25, -0.2) is 0 Å². The van der Waals surface area contributed by atoms with Crippen LogP contribution in [0, 0.1) is 0 Å². The lowest BCUT2D eigenvalue weighted by Crippen LogP contribution is -2.43. The fourth-order valence-electron chi connectivity index (χ4n) is 2.32. The number of hydrogen-bond acceptors (Lipinski definition) is 3. The summed E-state index contributed by atoms with van der Waals surface area (Å²) in [4.78, 5) is 12.9. The molecule has 12 heavy (non-hydrogen) atoms. The molecule has 68 valence electrons. The van der Waals surface area contributed by atoms with Gasteiger partial charge in [0.2, 0.25) is 5.91 Å². The van der Waals surface area contributed by atoms with Crippen LogP contribution in [0.25, 0.3) is 0 Å². The number of carbonyl (C=O) groups excluding carboxylic acids is 1. The van der Waals surface area contributed by atoms with Gasteiger partial charge in [0.05, 0.1) is 18.2 Å². The molecule has 0 aromatic carbocycles. The lowest BCUT2D eigenvalue weighted by Gasteiger charge is -2.28. The maximum atomic E-state index is 11.3. The molecule has 0 aliphatic carbocycles. The summed E-state index contributed by atoms with van der Waals surface area (Å²) in [6, 6.07) is 0. The Hall–Kier alpha value is -0.610. The summed E-state index contributed by atoms with van der Waals surface area (Å²) in [6.45, 7) is 0.384. The minimum atomic E-state index is -0.443. The van der Waals surface area contributed by atoms with Gasteiger partial charge in [-0.2, -0.15) is 0 Å². The van der Waals surface area contributed by atoms with E-state index in [1.165, 1.54) is 0 Å². The number of aliphatic hydroxyl groups is 2. The number of hydrogen-bond donors (Lipinski definition) is 2. The minimum absolute atomic E-state index is 0.0181. The Labute approximate surface area is 70.8 Å². The van der Waals surface area contributed by atoms with E-state index in [1.807, 2.05) is 0 Å². The summed E-state index contributed by atoms with van der Waals surface area (Å²) in [5.41, 5.74) is -0.420. The van der Waals surface area contributed by atoms with Crippen LogP contribution in [-0.2, 0) is 4.79 Å². The summed E-state index contributed by atoms with van der Waals surface area (Å²) in [6.07, 6.45) is 1.31. The van der Waals surface area contributed by atoms with Crippen LogP contribution in [0.15, 0.2) is 0 Å². The van der Waals surface area contributed by atoms with Crippen molar-refractivity contribution < 1.29 is 15.0 Å². The van der Waals surface area contributed by atoms with Gasteiger partial charge in [0.25, 0.3) is 0 Å². The van der Waals surface area contributed by atoms with Crippen LogP contribution >= 0.6 is 0 Å². The SMILES string of the molecule is O=C1CC[C@]2(CO)C[C@@H](O)CN12. The van der Waals surface area contributed by atoms with Crippen molar-refractivity contribution in [2.45, 2.75) is 30.9 Å². The van der Waals surface area contributed by atoms with Crippen molar-refractivity contribution in [1.82, 2.24) is 4.90 Å². The molecule has 2 rings (SSSR count). The molecule has 0 spiro atoms. The zero-order chi connectivity index (χ0) is 8.77. The lowest BCUT2D eigenvalue weighted by atomic mass is 9.95. The first kappa shape index (κ1) is 8.01. The Bertz CT molecular complexity index is 218. The third kappa shape index (κ3) is 0.881. The molecule has 0 aromatic rings. The normalized spacial score (nSPS) is 40.7. The van der Waals surface area contributed by atoms with Crippen LogP contribution in [0.5, 0.6) is 0 Å². The number of β-amino-alcohol motifs (C(OH)–C–C–N with tert-alkyl or cyclic N) is 1. The molecule has 2 saturated heterocycles. The summed E-state index contributed by atoms with van der Waals surface area (Å²) in [7, 11) is 0. The van der Waals surface area contributed by atoms with Crippen molar-refractivity contribution in [3.8, 4) is 0 Å². The summed E-state index contributed by atoms with van der Waals surface area (Å²) in [5, 5.41) is 18.5. The van der Waals surface area contributed by atoms with Gasteiger partial charge in [0, 0.05) is 19.4 Å². The first-order chi connectivity index (χ1) is 5.68. The molecule has 0 radical (unpaired) electrons. The number of aliphatic hydroxyl groups excluding tert-OH is 2. The number of carbonyl (C=O) groups is 1. The Kier molecular flexibility index (Phi) is 1.63. The molecule has 2 aliphatic heterocycles. The van der Waals surface area contributed by atoms with E-state index in [2.05, 4.69) is 0 Å². The second kappa shape index (κ2) is 2.44. The van der Waals surface area contributed by atoms with Crippen LogP contribution in [0.4, 0.5) is 0 Å². The van der Waals surface area contributed by atoms with Gasteiger partial charge >= 0.3 is 0 Å². The molecule has 2 fully saturated rings. The predicted octanol–water partition coefficient (Wildman–Crippen LogP) is -0.896. The number of nitrogens with zero attached hydrogens (tertiary/aromatic N) is 1. The summed E-state index contributed by atoms with van der Waals surface area (Å²) < 4.78 is 0. The van der Waals surface area contributed by atoms with Crippen molar-refractivity contribution in [3.63, 3.8) is 0 Å². The maximum absolute atomic E-state index is 11.3. The van der Waals surface area contributed by atoms with Crippen LogP contribution in [-0.4, -0.2) is 45.8 Å². The first-order valence-electron chi connectivity index (χ1n) is 4.27. The van der Waals surface area contributed by atoms with E-state index in [4.69, 9.17) is 5.11 Å². The highest BCUT2D eigenvalue weighted by atomic mass is 16.3. The smallest absolute Gasteiger partial charge is 0.223 e. The van der Waals surface area contributed by atoms with Crippen LogP contribution in [0.3, 0.4) is 0 Å². The van der Waals surface area contributed by atoms with Crippen LogP contribution in [0.2, 0.25) is 0 Å². The molecule has 0 saturated carbocycles. The predicted molar refractivity (Wildman–Crippen MR) is 41.4 cm³/mol. The molecule has 1 amide bonds. The number of fused-ring (bicyclic) bond motifs is 1. The second-order valence-corrected chi connectivity index (χ2v) is 3.74. The third-order valence-corrected chi connectivity index (χ3v) is 2.98. The Morgan fingerprint density at radius 1 is 1.67 bits per heavy atom. The van der Waals surface area contributed by atoms with Crippen molar-refractivity contribution in [3.05, 3.63) is 0 Å². The molecule has 2 aliphatic rings. The second-order valence-electron chi connectivity index (χ2n) is 3.74. The van der Waals surface area contributed by atoms with Gasteiger partial charge < -0.3 is 15.1 Å². The monoisotopic (exact) mass is 171 g/mol. The first-order valence-corrected chi connectivity index (χ1v) is 4.27. The molecule has 0 bridgehead atoms. The van der Waals surface area contributed by atoms with Crippen molar-refractivity contribution in [2.24, 2.45) is 0 Å². The van der Waals surface area contributed by atoms with Gasteiger partial charge in [0.15, 0.2) is 0 Å². The highest BCUT2D eigenvalue weighted by Gasteiger charge is 2.51. The topological polar surface area (TPSA) is 60.8 Å². The van der Waals surface area contributed by atoms with Gasteiger partial charge in [-0.15, -0.1) is 0 Å². The fraction of sp³-hybridized carbons (Fsp3) is 0.875. The third-order valence-electron chi connectivity index (χ3n) is 2.98. The fourth-order valence-corrected chi connectivity index (χ4v) is 2.32. The zero-order valence-corrected chi connectivity index (χ0v) is 6.86. The highest BCUT2D eigenvalue weighted by Crippen LogP contribution is 2.39. The number of amides is 1. The summed E-state index contributed by atoms with van der Waals surface area (Å²) in [5.74, 6) is 0.0700. The molecule has 2 heterocycles. The Morgan fingerprint density at radius 2 is 2.42 bits per heavy atom. The number of rotatable bonds is 1. The van der Waals surface area contributed by atoms with Crippen LogP contribution in [0.1, 0.15) is 19.3 Å². The van der Waals surface area contributed by atoms with Gasteiger partial charge in [-0.05, 0) is 6.42 Å². The van der Waals surface area contributed by atoms with Crippen LogP contribution < -0.4 is 0 Å². The Balaban J connectivity index is 2.25. The molecular weight excluding hydrogens is 158 g/mol. The maximum Gasteiger partial charge on any atom is 0.223 e. The molecule has 0 unspecified atom stereocenters. The average Bonchev–Trinajstić information content (AvgIpc) is 2.51. The quantitative estimate of drug-likeness (QED) is 0.537. The lowest BCUT2D eigenvalue weighted by molar-refractivity contribution is -0.130. The van der Waals surface area contributed by atoms with Gasteiger partial charge in [0.1, 0.15) is 0 Å². The molecule has 4 nitrogen and oxygen atoms in total. The van der Waals surface area contributed by atoms with E-state index in [1.54, 1.807) is 4.90 Å². The van der Waals surface area contributed by atoms with E-state index in [-0.39, 0.29) is 12.5 Å². The van der Waals surface area contributed by atoms with E-state index >= 15 is 0 Å². The van der Waals surface area contributed by atoms with E-state index in [9.17, 15) is 9.90 Å². The standard InChI is InChI=1S/C8H13NO3/c10-5-8-2-1-7(12)9(8)4-6(11)3-8/h6,10-11H,1-5H2/t6-,8-/m1/s1. The zero-order valence-electron chi connectivity index (χ0n) is 6.86. The van der Waals surface area contributed by atoms with Gasteiger partial charge in [-0.3, -0.25) is 4.79 Å². The molecular formula is C8H13NO3. The van der Waals surface area contributed by atoms with Crippen molar-refractivity contribution in [1.29, 1.82) is 0 Å². The molecule has 4 heteroatoms. The molecule has 2 atom stereocenters.